The summed E-state index contributed by atoms with van der Waals surface area (Å²) in [6, 6.07) is 7.50. The molecule has 0 radical (unpaired) electrons. The van der Waals surface area contributed by atoms with E-state index in [-0.39, 0.29) is 6.04 Å². The third-order valence-electron chi connectivity index (χ3n) is 3.49. The Morgan fingerprint density at radius 2 is 2.25 bits per heavy atom. The molecular formula is C15H17N3O2. The number of rotatable bonds is 3. The van der Waals surface area contributed by atoms with Crippen molar-refractivity contribution in [1.29, 1.82) is 0 Å². The second-order valence-electron chi connectivity index (χ2n) is 4.75. The Labute approximate surface area is 117 Å². The lowest BCUT2D eigenvalue weighted by atomic mass is 9.97. The van der Waals surface area contributed by atoms with Crippen molar-refractivity contribution in [2.45, 2.75) is 18.9 Å². The number of fused-ring (bicyclic) bond motifs is 1. The molecule has 20 heavy (non-hydrogen) atoms. The molecule has 0 saturated heterocycles. The van der Waals surface area contributed by atoms with E-state index >= 15 is 0 Å². The number of methoxy groups -OCH3 is 1. The van der Waals surface area contributed by atoms with Crippen LogP contribution in [-0.2, 0) is 6.42 Å². The van der Waals surface area contributed by atoms with Crippen LogP contribution in [0, 0.1) is 0 Å². The second-order valence-corrected chi connectivity index (χ2v) is 4.75. The minimum atomic E-state index is -0.347. The van der Waals surface area contributed by atoms with Gasteiger partial charge >= 0.3 is 0 Å². The zero-order chi connectivity index (χ0) is 13.9. The topological polar surface area (TPSA) is 70.3 Å². The van der Waals surface area contributed by atoms with Crippen LogP contribution in [0.15, 0.2) is 30.6 Å². The third kappa shape index (κ3) is 2.32. The summed E-state index contributed by atoms with van der Waals surface area (Å²) < 4.78 is 10.9. The van der Waals surface area contributed by atoms with E-state index < -0.39 is 0 Å². The van der Waals surface area contributed by atoms with Crippen LogP contribution in [0.4, 0.5) is 0 Å². The Hall–Kier alpha value is -2.14. The van der Waals surface area contributed by atoms with Crippen molar-refractivity contribution >= 4 is 0 Å². The Morgan fingerprint density at radius 1 is 1.35 bits per heavy atom. The molecule has 5 heteroatoms. The highest BCUT2D eigenvalue weighted by Gasteiger charge is 2.20. The molecule has 1 aromatic heterocycles. The van der Waals surface area contributed by atoms with Crippen LogP contribution in [0.25, 0.3) is 0 Å². The summed E-state index contributed by atoms with van der Waals surface area (Å²) in [5.41, 5.74) is 9.23. The molecule has 3 rings (SSSR count). The van der Waals surface area contributed by atoms with Crippen molar-refractivity contribution in [1.82, 2.24) is 9.97 Å². The maximum atomic E-state index is 6.34. The molecule has 0 fully saturated rings. The van der Waals surface area contributed by atoms with E-state index in [4.69, 9.17) is 15.2 Å². The van der Waals surface area contributed by atoms with Crippen LogP contribution < -0.4 is 15.2 Å². The van der Waals surface area contributed by atoms with E-state index in [0.717, 1.165) is 36.5 Å². The largest absolute Gasteiger partial charge is 0.493 e. The Kier molecular flexibility index (Phi) is 3.52. The van der Waals surface area contributed by atoms with Crippen LogP contribution in [0.3, 0.4) is 0 Å². The first-order chi connectivity index (χ1) is 9.79. The quantitative estimate of drug-likeness (QED) is 0.922. The molecule has 0 spiro atoms. The number of benzene rings is 1. The van der Waals surface area contributed by atoms with Gasteiger partial charge in [-0.15, -0.1) is 0 Å². The summed E-state index contributed by atoms with van der Waals surface area (Å²) in [5.74, 6) is 1.42. The first-order valence-electron chi connectivity index (χ1n) is 6.65. The van der Waals surface area contributed by atoms with Gasteiger partial charge in [-0.05, 0) is 18.4 Å². The predicted octanol–water partition coefficient (Wildman–Crippen LogP) is 1.86. The zero-order valence-electron chi connectivity index (χ0n) is 11.4. The van der Waals surface area contributed by atoms with E-state index in [9.17, 15) is 0 Å². The van der Waals surface area contributed by atoms with E-state index in [1.165, 1.54) is 11.9 Å². The summed E-state index contributed by atoms with van der Waals surface area (Å²) in [4.78, 5) is 8.24. The molecule has 1 aliphatic rings. The van der Waals surface area contributed by atoms with Gasteiger partial charge in [0, 0.05) is 11.6 Å². The summed E-state index contributed by atoms with van der Waals surface area (Å²) in [5, 5.41) is 0. The number of aryl methyl sites for hydroxylation is 1. The number of ether oxygens (including phenoxy) is 2. The molecule has 1 aliphatic heterocycles. The van der Waals surface area contributed by atoms with Gasteiger partial charge in [0.2, 0.25) is 5.88 Å². The van der Waals surface area contributed by atoms with Gasteiger partial charge in [0.25, 0.3) is 0 Å². The van der Waals surface area contributed by atoms with Crippen LogP contribution in [0.1, 0.15) is 29.3 Å². The van der Waals surface area contributed by atoms with E-state index in [2.05, 4.69) is 16.0 Å². The number of hydrogen-bond acceptors (Lipinski definition) is 5. The van der Waals surface area contributed by atoms with Gasteiger partial charge < -0.3 is 15.2 Å². The lowest BCUT2D eigenvalue weighted by Gasteiger charge is -2.23. The van der Waals surface area contributed by atoms with Crippen molar-refractivity contribution in [3.63, 3.8) is 0 Å². The van der Waals surface area contributed by atoms with Crippen molar-refractivity contribution in [3.05, 3.63) is 47.4 Å². The maximum absolute atomic E-state index is 6.34. The van der Waals surface area contributed by atoms with Gasteiger partial charge in [0.05, 0.1) is 25.5 Å². The number of aromatic nitrogens is 2. The Morgan fingerprint density at radius 3 is 3.10 bits per heavy atom. The van der Waals surface area contributed by atoms with Gasteiger partial charge in [0.1, 0.15) is 12.1 Å². The zero-order valence-corrected chi connectivity index (χ0v) is 11.4. The molecule has 2 N–H and O–H groups in total. The van der Waals surface area contributed by atoms with Gasteiger partial charge in [-0.1, -0.05) is 18.2 Å². The number of para-hydroxylation sites is 1. The maximum Gasteiger partial charge on any atom is 0.216 e. The summed E-state index contributed by atoms with van der Waals surface area (Å²) in [6.07, 6.45) is 3.54. The molecule has 0 bridgehead atoms. The molecule has 5 nitrogen and oxygen atoms in total. The fourth-order valence-electron chi connectivity index (χ4n) is 2.45. The third-order valence-corrected chi connectivity index (χ3v) is 3.49. The van der Waals surface area contributed by atoms with Gasteiger partial charge in [-0.25, -0.2) is 9.97 Å². The number of hydrogen-bond donors (Lipinski definition) is 1. The van der Waals surface area contributed by atoms with Crippen molar-refractivity contribution in [2.24, 2.45) is 5.73 Å². The standard InChI is InChI=1S/C15H17N3O2/c1-19-13-8-12(17-9-18-13)14(16)11-6-2-4-10-5-3-7-20-15(10)11/h2,4,6,8-9,14H,3,5,7,16H2,1H3. The minimum absolute atomic E-state index is 0.347. The molecule has 2 heterocycles. The smallest absolute Gasteiger partial charge is 0.216 e. The highest BCUT2D eigenvalue weighted by Crippen LogP contribution is 2.34. The number of nitrogens with zero attached hydrogens (tertiary/aromatic N) is 2. The highest BCUT2D eigenvalue weighted by molar-refractivity contribution is 5.46. The first kappa shape index (κ1) is 12.9. The molecule has 104 valence electrons. The lowest BCUT2D eigenvalue weighted by Crippen LogP contribution is -2.18. The van der Waals surface area contributed by atoms with Gasteiger partial charge in [-0.2, -0.15) is 0 Å². The van der Waals surface area contributed by atoms with E-state index in [0.29, 0.717) is 5.88 Å². The van der Waals surface area contributed by atoms with E-state index in [1.807, 2.05) is 12.1 Å². The SMILES string of the molecule is COc1cc(C(N)c2cccc3c2OCCC3)ncn1. The van der Waals surface area contributed by atoms with Gasteiger partial charge in [0.15, 0.2) is 0 Å². The first-order valence-corrected chi connectivity index (χ1v) is 6.65. The molecular weight excluding hydrogens is 254 g/mol. The molecule has 0 saturated carbocycles. The van der Waals surface area contributed by atoms with Crippen LogP contribution in [0.5, 0.6) is 11.6 Å². The summed E-state index contributed by atoms with van der Waals surface area (Å²) in [7, 11) is 1.57. The van der Waals surface area contributed by atoms with Crippen LogP contribution >= 0.6 is 0 Å². The van der Waals surface area contributed by atoms with Crippen LogP contribution in [0.2, 0.25) is 0 Å². The fraction of sp³-hybridized carbons (Fsp3) is 0.333. The average molecular weight is 271 g/mol. The summed E-state index contributed by atoms with van der Waals surface area (Å²) in [6.45, 7) is 0.740. The Balaban J connectivity index is 1.99. The van der Waals surface area contributed by atoms with Crippen molar-refractivity contribution < 1.29 is 9.47 Å². The normalized spacial score (nSPS) is 15.1. The molecule has 0 amide bonds. The molecule has 1 atom stereocenters. The van der Waals surface area contributed by atoms with Crippen LogP contribution in [-0.4, -0.2) is 23.7 Å². The lowest BCUT2D eigenvalue weighted by molar-refractivity contribution is 0.284. The summed E-state index contributed by atoms with van der Waals surface area (Å²) >= 11 is 0. The number of nitrogens with two attached hydrogens (primary N) is 1. The van der Waals surface area contributed by atoms with Gasteiger partial charge in [-0.3, -0.25) is 0 Å². The second kappa shape index (κ2) is 5.46. The highest BCUT2D eigenvalue weighted by atomic mass is 16.5. The van der Waals surface area contributed by atoms with E-state index in [1.54, 1.807) is 13.2 Å². The fourth-order valence-corrected chi connectivity index (χ4v) is 2.45. The van der Waals surface area contributed by atoms with Crippen molar-refractivity contribution in [3.8, 4) is 11.6 Å². The molecule has 1 unspecified atom stereocenters. The van der Waals surface area contributed by atoms with Crippen molar-refractivity contribution in [2.75, 3.05) is 13.7 Å². The predicted molar refractivity (Wildman–Crippen MR) is 74.9 cm³/mol. The molecule has 0 aliphatic carbocycles. The molecule has 1 aromatic carbocycles. The monoisotopic (exact) mass is 271 g/mol. The average Bonchev–Trinajstić information content (AvgIpc) is 2.53. The Bertz CT molecular complexity index is 616. The minimum Gasteiger partial charge on any atom is -0.493 e. The molecule has 2 aromatic rings.